The topological polar surface area (TPSA) is 67.4 Å². The molecule has 2 aromatic rings. The summed E-state index contributed by atoms with van der Waals surface area (Å²) < 4.78 is 19.1. The zero-order valence-electron chi connectivity index (χ0n) is 15.1. The van der Waals surface area contributed by atoms with E-state index < -0.39 is 17.8 Å². The molecule has 138 valence electrons. The molecule has 5 nitrogen and oxygen atoms in total. The van der Waals surface area contributed by atoms with Crippen LogP contribution < -0.4 is 15.4 Å². The maximum atomic E-state index is 13.8. The number of rotatable bonds is 7. The molecule has 0 radical (unpaired) electrons. The normalized spacial score (nSPS) is 11.7. The second kappa shape index (κ2) is 8.99. The zero-order chi connectivity index (χ0) is 19.1. The minimum atomic E-state index is -0.798. The van der Waals surface area contributed by atoms with Crippen molar-refractivity contribution in [1.82, 2.24) is 5.32 Å². The Morgan fingerprint density at radius 2 is 1.73 bits per heavy atom. The monoisotopic (exact) mass is 358 g/mol. The van der Waals surface area contributed by atoms with Gasteiger partial charge in [0, 0.05) is 5.69 Å². The molecule has 0 saturated carbocycles. The average molecular weight is 358 g/mol. The van der Waals surface area contributed by atoms with Crippen molar-refractivity contribution in [3.8, 4) is 5.75 Å². The summed E-state index contributed by atoms with van der Waals surface area (Å²) in [6.45, 7) is 6.07. The summed E-state index contributed by atoms with van der Waals surface area (Å²) >= 11 is 0. The molecular formula is C20H23FN2O3. The highest BCUT2D eigenvalue weighted by Crippen LogP contribution is 2.17. The lowest BCUT2D eigenvalue weighted by atomic mass is 10.0. The van der Waals surface area contributed by atoms with E-state index in [0.29, 0.717) is 18.0 Å². The van der Waals surface area contributed by atoms with Gasteiger partial charge in [0.15, 0.2) is 0 Å². The first-order chi connectivity index (χ1) is 12.4. The van der Waals surface area contributed by atoms with Crippen LogP contribution >= 0.6 is 0 Å². The summed E-state index contributed by atoms with van der Waals surface area (Å²) in [7, 11) is 0. The third-order valence-corrected chi connectivity index (χ3v) is 3.79. The van der Waals surface area contributed by atoms with E-state index in [4.69, 9.17) is 4.74 Å². The van der Waals surface area contributed by atoms with Crippen molar-refractivity contribution in [3.05, 3.63) is 59.9 Å². The second-order valence-electron chi connectivity index (χ2n) is 6.12. The quantitative estimate of drug-likeness (QED) is 0.794. The van der Waals surface area contributed by atoms with Crippen molar-refractivity contribution < 1.29 is 18.7 Å². The summed E-state index contributed by atoms with van der Waals surface area (Å²) in [5, 5.41) is 5.37. The van der Waals surface area contributed by atoms with Gasteiger partial charge in [-0.3, -0.25) is 9.59 Å². The lowest BCUT2D eigenvalue weighted by Crippen LogP contribution is -2.47. The molecule has 0 aliphatic carbocycles. The lowest BCUT2D eigenvalue weighted by Gasteiger charge is -2.22. The number of amides is 2. The molecule has 26 heavy (non-hydrogen) atoms. The van der Waals surface area contributed by atoms with E-state index in [1.54, 1.807) is 30.3 Å². The largest absolute Gasteiger partial charge is 0.494 e. The number of carbonyl (C=O) groups excluding carboxylic acids is 2. The first-order valence-electron chi connectivity index (χ1n) is 8.51. The lowest BCUT2D eigenvalue weighted by molar-refractivity contribution is -0.118. The van der Waals surface area contributed by atoms with Gasteiger partial charge >= 0.3 is 0 Å². The molecule has 2 amide bonds. The number of anilines is 1. The Bertz CT molecular complexity index is 760. The maximum Gasteiger partial charge on any atom is 0.254 e. The van der Waals surface area contributed by atoms with Crippen molar-refractivity contribution in [2.75, 3.05) is 11.9 Å². The molecule has 2 rings (SSSR count). The van der Waals surface area contributed by atoms with Crippen molar-refractivity contribution in [2.45, 2.75) is 26.8 Å². The fourth-order valence-electron chi connectivity index (χ4n) is 2.42. The number of ether oxygens (including phenoxy) is 1. The van der Waals surface area contributed by atoms with Gasteiger partial charge in [0.2, 0.25) is 5.91 Å². The van der Waals surface area contributed by atoms with Gasteiger partial charge in [-0.05, 0) is 49.2 Å². The van der Waals surface area contributed by atoms with Crippen molar-refractivity contribution >= 4 is 17.5 Å². The molecular weight excluding hydrogens is 335 g/mol. The van der Waals surface area contributed by atoms with Crippen molar-refractivity contribution in [2.24, 2.45) is 5.92 Å². The van der Waals surface area contributed by atoms with E-state index in [9.17, 15) is 14.0 Å². The zero-order valence-corrected chi connectivity index (χ0v) is 15.1. The van der Waals surface area contributed by atoms with Gasteiger partial charge < -0.3 is 15.4 Å². The number of hydrogen-bond donors (Lipinski definition) is 2. The molecule has 0 unspecified atom stereocenters. The predicted octanol–water partition coefficient (Wildman–Crippen LogP) is 3.62. The number of hydrogen-bond acceptors (Lipinski definition) is 3. The first-order valence-corrected chi connectivity index (χ1v) is 8.51. The molecule has 0 aliphatic rings. The molecule has 0 saturated heterocycles. The highest BCUT2D eigenvalue weighted by molar-refractivity contribution is 6.01. The molecule has 0 heterocycles. The summed E-state index contributed by atoms with van der Waals surface area (Å²) in [4.78, 5) is 24.9. The molecule has 0 bridgehead atoms. The fourth-order valence-corrected chi connectivity index (χ4v) is 2.42. The summed E-state index contributed by atoms with van der Waals surface area (Å²) in [5.41, 5.74) is 0.497. The molecule has 6 heteroatoms. The summed E-state index contributed by atoms with van der Waals surface area (Å²) in [6.07, 6.45) is 0. The Morgan fingerprint density at radius 1 is 1.08 bits per heavy atom. The van der Waals surface area contributed by atoms with Gasteiger partial charge in [-0.25, -0.2) is 4.39 Å². The Labute approximate surface area is 152 Å². The van der Waals surface area contributed by atoms with Crippen LogP contribution in [0.5, 0.6) is 5.75 Å². The van der Waals surface area contributed by atoms with E-state index in [-0.39, 0.29) is 17.4 Å². The minimum Gasteiger partial charge on any atom is -0.494 e. The van der Waals surface area contributed by atoms with Gasteiger partial charge in [0.1, 0.15) is 17.6 Å². The van der Waals surface area contributed by atoms with Crippen molar-refractivity contribution in [1.29, 1.82) is 0 Å². The van der Waals surface area contributed by atoms with E-state index in [1.807, 2.05) is 20.8 Å². The van der Waals surface area contributed by atoms with Crippen LogP contribution in [0, 0.1) is 11.7 Å². The Balaban J connectivity index is 2.07. The van der Waals surface area contributed by atoms with Crippen molar-refractivity contribution in [3.63, 3.8) is 0 Å². The van der Waals surface area contributed by atoms with E-state index in [1.165, 1.54) is 18.2 Å². The molecule has 0 spiro atoms. The number of benzene rings is 2. The average Bonchev–Trinajstić information content (AvgIpc) is 2.61. The van der Waals surface area contributed by atoms with Gasteiger partial charge in [-0.15, -0.1) is 0 Å². The highest BCUT2D eigenvalue weighted by Gasteiger charge is 2.25. The van der Waals surface area contributed by atoms with E-state index >= 15 is 0 Å². The predicted molar refractivity (Wildman–Crippen MR) is 98.7 cm³/mol. The Morgan fingerprint density at radius 3 is 2.31 bits per heavy atom. The van der Waals surface area contributed by atoms with Crippen LogP contribution in [0.2, 0.25) is 0 Å². The van der Waals surface area contributed by atoms with Gasteiger partial charge in [-0.2, -0.15) is 0 Å². The van der Waals surface area contributed by atoms with Crippen LogP contribution in [0.1, 0.15) is 31.1 Å². The molecule has 1 atom stereocenters. The molecule has 0 aliphatic heterocycles. The highest BCUT2D eigenvalue weighted by atomic mass is 19.1. The van der Waals surface area contributed by atoms with Gasteiger partial charge in [0.05, 0.1) is 12.2 Å². The third-order valence-electron chi connectivity index (χ3n) is 3.79. The first kappa shape index (κ1) is 19.4. The fraction of sp³-hybridized carbons (Fsp3) is 0.300. The van der Waals surface area contributed by atoms with Gasteiger partial charge in [0.25, 0.3) is 5.91 Å². The molecule has 0 fully saturated rings. The third kappa shape index (κ3) is 5.05. The van der Waals surface area contributed by atoms with Crippen LogP contribution in [0.4, 0.5) is 10.1 Å². The SMILES string of the molecule is CCOc1ccc(NC(=O)[C@@H](NC(=O)c2ccccc2F)C(C)C)cc1. The maximum absolute atomic E-state index is 13.8. The van der Waals surface area contributed by atoms with Crippen LogP contribution in [0.3, 0.4) is 0 Å². The summed E-state index contributed by atoms with van der Waals surface area (Å²) in [6, 6.07) is 11.8. The van der Waals surface area contributed by atoms with E-state index in [0.717, 1.165) is 0 Å². The second-order valence-corrected chi connectivity index (χ2v) is 6.12. The van der Waals surface area contributed by atoms with Crippen LogP contribution in [0.15, 0.2) is 48.5 Å². The number of carbonyl (C=O) groups is 2. The van der Waals surface area contributed by atoms with Crippen LogP contribution in [-0.2, 0) is 4.79 Å². The smallest absolute Gasteiger partial charge is 0.254 e. The van der Waals surface area contributed by atoms with Gasteiger partial charge in [-0.1, -0.05) is 26.0 Å². The minimum absolute atomic E-state index is 0.0907. The molecule has 2 aromatic carbocycles. The molecule has 0 aromatic heterocycles. The standard InChI is InChI=1S/C20H23FN2O3/c1-4-26-15-11-9-14(10-12-15)22-20(25)18(13(2)3)23-19(24)16-7-5-6-8-17(16)21/h5-13,18H,4H2,1-3H3,(H,22,25)(H,23,24)/t18-/m0/s1. The summed E-state index contributed by atoms with van der Waals surface area (Å²) in [5.74, 6) is -1.08. The Hall–Kier alpha value is -2.89. The Kier molecular flexibility index (Phi) is 6.72. The van der Waals surface area contributed by atoms with Crippen LogP contribution in [-0.4, -0.2) is 24.5 Å². The molecule has 2 N–H and O–H groups in total. The van der Waals surface area contributed by atoms with E-state index in [2.05, 4.69) is 10.6 Å². The van der Waals surface area contributed by atoms with Crippen LogP contribution in [0.25, 0.3) is 0 Å². The number of nitrogens with one attached hydrogen (secondary N) is 2. The number of halogens is 1.